The Balaban J connectivity index is 1.01. The number of carbonyl (C=O) groups is 1. The van der Waals surface area contributed by atoms with Crippen LogP contribution in [0.1, 0.15) is 53.4 Å². The fourth-order valence-electron chi connectivity index (χ4n) is 5.04. The van der Waals surface area contributed by atoms with E-state index in [1.54, 1.807) is 39.7 Å². The highest BCUT2D eigenvalue weighted by atomic mass is 32.1. The van der Waals surface area contributed by atoms with Gasteiger partial charge in [-0.05, 0) is 64.0 Å². The van der Waals surface area contributed by atoms with E-state index < -0.39 is 5.92 Å². The molecule has 2 aromatic rings. The largest absolute Gasteiger partial charge is 0.350 e. The average Bonchev–Trinajstić information content (AvgIpc) is 3.41. The number of hydrogen-bond donors (Lipinski definition) is 1. The monoisotopic (exact) mass is 507 g/mol. The van der Waals surface area contributed by atoms with Crippen molar-refractivity contribution in [2.45, 2.75) is 64.0 Å². The minimum Gasteiger partial charge on any atom is -0.350 e. The van der Waals surface area contributed by atoms with Crippen LogP contribution in [0.4, 0.5) is 13.9 Å². The van der Waals surface area contributed by atoms with Crippen molar-refractivity contribution < 1.29 is 13.6 Å². The average molecular weight is 508 g/mol. The maximum atomic E-state index is 13.2. The van der Waals surface area contributed by atoms with Gasteiger partial charge >= 0.3 is 0 Å². The van der Waals surface area contributed by atoms with Crippen LogP contribution in [0, 0.1) is 12.8 Å². The molecule has 2 fully saturated rings. The maximum absolute atomic E-state index is 13.2. The molecule has 6 nitrogen and oxygen atoms in total. The summed E-state index contributed by atoms with van der Waals surface area (Å²) in [6.07, 6.45) is 9.83. The molecule has 0 unspecified atom stereocenters. The number of thiazole rings is 2. The van der Waals surface area contributed by atoms with Crippen molar-refractivity contribution in [3.63, 3.8) is 0 Å². The van der Waals surface area contributed by atoms with Gasteiger partial charge in [-0.2, -0.15) is 0 Å². The number of nitrogens with zero attached hydrogens (tertiary/aromatic N) is 4. The lowest BCUT2D eigenvalue weighted by atomic mass is 9.84. The number of fused-ring (bicyclic) bond motifs is 1. The molecule has 1 amide bonds. The van der Waals surface area contributed by atoms with Crippen LogP contribution in [0.15, 0.2) is 11.5 Å². The molecule has 2 aliphatic heterocycles. The van der Waals surface area contributed by atoms with Gasteiger partial charge in [0.1, 0.15) is 0 Å². The predicted molar refractivity (Wildman–Crippen MR) is 133 cm³/mol. The van der Waals surface area contributed by atoms with Gasteiger partial charge in [0.05, 0.1) is 29.5 Å². The standard InChI is InChI=1S/C24H31F2N5OS2/c1-16-27-19(13-33-16)6-7-22(32)28-18-4-2-17(3-5-18)8-10-30-11-9-21-20(12-30)29-23(34-21)31-14-24(25,26)15-31/h6-7,13,17-18H,2-5,8-12,14-15H2,1H3,(H,28,32)/b7-6+/t17-,18-. The van der Waals surface area contributed by atoms with Gasteiger partial charge in [0, 0.05) is 35.5 Å². The number of aromatic nitrogens is 2. The Hall–Kier alpha value is -1.91. The van der Waals surface area contributed by atoms with E-state index in [0.29, 0.717) is 5.92 Å². The van der Waals surface area contributed by atoms with Gasteiger partial charge in [0.15, 0.2) is 5.13 Å². The van der Waals surface area contributed by atoms with Gasteiger partial charge in [0.2, 0.25) is 5.91 Å². The molecule has 34 heavy (non-hydrogen) atoms. The van der Waals surface area contributed by atoms with Crippen LogP contribution < -0.4 is 10.2 Å². The van der Waals surface area contributed by atoms with E-state index in [4.69, 9.17) is 0 Å². The number of alkyl halides is 2. The van der Waals surface area contributed by atoms with Crippen molar-refractivity contribution >= 4 is 39.8 Å². The summed E-state index contributed by atoms with van der Waals surface area (Å²) in [6.45, 7) is 4.44. The molecular formula is C24H31F2N5OS2. The highest BCUT2D eigenvalue weighted by Gasteiger charge is 2.45. The fraction of sp³-hybridized carbons (Fsp3) is 0.625. The normalized spacial score (nSPS) is 24.7. The second kappa shape index (κ2) is 9.99. The van der Waals surface area contributed by atoms with E-state index in [2.05, 4.69) is 20.2 Å². The lowest BCUT2D eigenvalue weighted by molar-refractivity contribution is -0.117. The van der Waals surface area contributed by atoms with Gasteiger partial charge in [-0.25, -0.2) is 18.7 Å². The Kier molecular flexibility index (Phi) is 7.00. The summed E-state index contributed by atoms with van der Waals surface area (Å²) in [4.78, 5) is 26.7. The molecule has 3 aliphatic rings. The number of anilines is 1. The highest BCUT2D eigenvalue weighted by molar-refractivity contribution is 7.15. The van der Waals surface area contributed by atoms with E-state index in [1.807, 2.05) is 12.3 Å². The van der Waals surface area contributed by atoms with Gasteiger partial charge in [-0.15, -0.1) is 22.7 Å². The number of amides is 1. The van der Waals surface area contributed by atoms with Crippen LogP contribution >= 0.6 is 22.7 Å². The second-order valence-corrected chi connectivity index (χ2v) is 11.9. The number of halogens is 2. The van der Waals surface area contributed by atoms with E-state index >= 15 is 0 Å². The molecular weight excluding hydrogens is 476 g/mol. The minimum atomic E-state index is -2.56. The van der Waals surface area contributed by atoms with Crippen molar-refractivity contribution in [2.75, 3.05) is 31.1 Å². The first-order valence-electron chi connectivity index (χ1n) is 12.1. The third kappa shape index (κ3) is 5.83. The predicted octanol–water partition coefficient (Wildman–Crippen LogP) is 4.50. The third-order valence-corrected chi connectivity index (χ3v) is 9.01. The molecule has 1 saturated heterocycles. The summed E-state index contributed by atoms with van der Waals surface area (Å²) in [7, 11) is 0. The zero-order valence-corrected chi connectivity index (χ0v) is 21.1. The summed E-state index contributed by atoms with van der Waals surface area (Å²) < 4.78 is 26.4. The molecule has 184 valence electrons. The molecule has 4 heterocycles. The zero-order valence-electron chi connectivity index (χ0n) is 19.4. The molecule has 10 heteroatoms. The quantitative estimate of drug-likeness (QED) is 0.559. The van der Waals surface area contributed by atoms with E-state index in [-0.39, 0.29) is 25.0 Å². The number of aryl methyl sites for hydroxylation is 1. The van der Waals surface area contributed by atoms with Gasteiger partial charge in [-0.1, -0.05) is 0 Å². The SMILES string of the molecule is Cc1nc(/C=C/C(=O)N[C@H]2CC[C@H](CCN3CCc4sc(N5CC(F)(F)C5)nc4C3)CC2)cs1. The Morgan fingerprint density at radius 2 is 2.06 bits per heavy atom. The Labute approximate surface area is 207 Å². The van der Waals surface area contributed by atoms with Crippen molar-refractivity contribution in [1.82, 2.24) is 20.2 Å². The number of nitrogens with one attached hydrogen (secondary N) is 1. The Bertz CT molecular complexity index is 1040. The van der Waals surface area contributed by atoms with Crippen molar-refractivity contribution in [1.29, 1.82) is 0 Å². The first-order chi connectivity index (χ1) is 16.3. The molecule has 1 N–H and O–H groups in total. The van der Waals surface area contributed by atoms with Crippen LogP contribution in [0.5, 0.6) is 0 Å². The van der Waals surface area contributed by atoms with Crippen LogP contribution in [0.25, 0.3) is 6.08 Å². The first kappa shape index (κ1) is 23.8. The third-order valence-electron chi connectivity index (χ3n) is 7.00. The van der Waals surface area contributed by atoms with Crippen molar-refractivity contribution in [3.05, 3.63) is 32.7 Å². The Morgan fingerprint density at radius 3 is 2.76 bits per heavy atom. The van der Waals surface area contributed by atoms with Crippen LogP contribution in [-0.2, 0) is 17.8 Å². The van der Waals surface area contributed by atoms with Crippen molar-refractivity contribution in [2.24, 2.45) is 5.92 Å². The van der Waals surface area contributed by atoms with E-state index in [9.17, 15) is 13.6 Å². The Morgan fingerprint density at radius 1 is 1.26 bits per heavy atom. The van der Waals surface area contributed by atoms with Gasteiger partial charge in [-0.3, -0.25) is 9.69 Å². The summed E-state index contributed by atoms with van der Waals surface area (Å²) in [5.41, 5.74) is 1.91. The smallest absolute Gasteiger partial charge is 0.282 e. The number of rotatable bonds is 7. The van der Waals surface area contributed by atoms with Gasteiger partial charge in [0.25, 0.3) is 5.92 Å². The summed E-state index contributed by atoms with van der Waals surface area (Å²) in [5.74, 6) is -1.91. The van der Waals surface area contributed by atoms with E-state index in [1.165, 1.54) is 4.88 Å². The number of hydrogen-bond acceptors (Lipinski definition) is 7. The topological polar surface area (TPSA) is 61.4 Å². The molecule has 0 aromatic carbocycles. The molecule has 1 saturated carbocycles. The fourth-order valence-corrected chi connectivity index (χ4v) is 6.68. The minimum absolute atomic E-state index is 0.0391. The van der Waals surface area contributed by atoms with Crippen molar-refractivity contribution in [3.8, 4) is 0 Å². The molecule has 5 rings (SSSR count). The van der Waals surface area contributed by atoms with Crippen LogP contribution in [0.3, 0.4) is 0 Å². The first-order valence-corrected chi connectivity index (χ1v) is 13.8. The van der Waals surface area contributed by atoms with Crippen LogP contribution in [-0.4, -0.2) is 58.9 Å². The lowest BCUT2D eigenvalue weighted by Crippen LogP contribution is -2.56. The lowest BCUT2D eigenvalue weighted by Gasteiger charge is -2.38. The summed E-state index contributed by atoms with van der Waals surface area (Å²) >= 11 is 3.17. The van der Waals surface area contributed by atoms with Gasteiger partial charge < -0.3 is 10.2 Å². The highest BCUT2D eigenvalue weighted by Crippen LogP contribution is 2.37. The van der Waals surface area contributed by atoms with Crippen LogP contribution in [0.2, 0.25) is 0 Å². The molecule has 0 radical (unpaired) electrons. The molecule has 0 bridgehead atoms. The second-order valence-electron chi connectivity index (χ2n) is 9.74. The molecule has 0 atom stereocenters. The van der Waals surface area contributed by atoms with E-state index in [0.717, 1.165) is 79.7 Å². The summed E-state index contributed by atoms with van der Waals surface area (Å²) in [5, 5.41) is 6.85. The zero-order chi connectivity index (χ0) is 23.7. The maximum Gasteiger partial charge on any atom is 0.282 e. The molecule has 2 aromatic heterocycles. The summed E-state index contributed by atoms with van der Waals surface area (Å²) in [6, 6.07) is 0.255. The molecule has 0 spiro atoms. The number of carbonyl (C=O) groups excluding carboxylic acids is 1. The molecule has 1 aliphatic carbocycles.